The van der Waals surface area contributed by atoms with Gasteiger partial charge >= 0.3 is 163 Å². The van der Waals surface area contributed by atoms with E-state index in [9.17, 15) is 0 Å². The van der Waals surface area contributed by atoms with Crippen molar-refractivity contribution in [2.45, 2.75) is 92.2 Å². The molecule has 0 radical (unpaired) electrons. The monoisotopic (exact) mass is 467 g/mol. The van der Waals surface area contributed by atoms with Crippen LogP contribution in [0.2, 0.25) is 33.0 Å². The molecule has 0 aliphatic rings. The molecule has 1 nitrogen and oxygen atoms in total. The first-order valence-corrected chi connectivity index (χ1v) is 21.6. The molecular weight excluding hydrogens is 425 g/mol. The average molecular weight is 466 g/mol. The molecule has 1 rings (SSSR count). The fourth-order valence-corrected chi connectivity index (χ4v) is 26.9. The molecule has 0 amide bonds. The van der Waals surface area contributed by atoms with E-state index in [1.807, 2.05) is 9.79 Å². The first-order chi connectivity index (χ1) is 11.9. The van der Waals surface area contributed by atoms with Gasteiger partial charge in [-0.3, -0.25) is 0 Å². The van der Waals surface area contributed by atoms with E-state index in [4.69, 9.17) is 0 Å². The van der Waals surface area contributed by atoms with E-state index >= 15 is 0 Å². The van der Waals surface area contributed by atoms with Crippen LogP contribution in [0.3, 0.4) is 0 Å². The maximum atomic E-state index is 4.50. The van der Waals surface area contributed by atoms with Crippen molar-refractivity contribution in [3.8, 4) is 0 Å². The second-order valence-electron chi connectivity index (χ2n) is 8.76. The molecule has 0 N–H and O–H groups in total. The molecular formula is C22H41NSiSn. The van der Waals surface area contributed by atoms with Gasteiger partial charge in [0.2, 0.25) is 0 Å². The number of nitrogens with zero attached hydrogens (tertiary/aromatic N) is 1. The van der Waals surface area contributed by atoms with Gasteiger partial charge in [-0.1, -0.05) is 0 Å². The van der Waals surface area contributed by atoms with Crippen LogP contribution < -0.4 is 0 Å². The van der Waals surface area contributed by atoms with Crippen molar-refractivity contribution in [2.24, 2.45) is 0 Å². The van der Waals surface area contributed by atoms with E-state index in [1.54, 1.807) is 0 Å². The quantitative estimate of drug-likeness (QED) is 0.287. The van der Waals surface area contributed by atoms with Crippen molar-refractivity contribution in [1.82, 2.24) is 4.98 Å². The topological polar surface area (TPSA) is 12.9 Å². The van der Waals surface area contributed by atoms with E-state index in [-0.39, 0.29) is 0 Å². The Morgan fingerprint density at radius 2 is 1.48 bits per heavy atom. The van der Waals surface area contributed by atoms with Crippen LogP contribution >= 0.6 is 0 Å². The number of hydrogen-bond donors (Lipinski definition) is 0. The van der Waals surface area contributed by atoms with Crippen molar-refractivity contribution in [3.05, 3.63) is 35.8 Å². The van der Waals surface area contributed by atoms with Gasteiger partial charge in [0.05, 0.1) is 0 Å². The van der Waals surface area contributed by atoms with Crippen LogP contribution in [-0.4, -0.2) is 31.4 Å². The maximum absolute atomic E-state index is 4.50. The van der Waals surface area contributed by atoms with Crippen molar-refractivity contribution in [1.29, 1.82) is 0 Å². The Morgan fingerprint density at radius 3 is 1.84 bits per heavy atom. The van der Waals surface area contributed by atoms with Gasteiger partial charge in [-0.25, -0.2) is 0 Å². The van der Waals surface area contributed by atoms with Crippen LogP contribution in [-0.2, 0) is 0 Å². The Hall–Kier alpha value is -0.0944. The first kappa shape index (κ1) is 22.9. The minimum atomic E-state index is -2.42. The van der Waals surface area contributed by atoms with Gasteiger partial charge in [-0.15, -0.1) is 0 Å². The Kier molecular flexibility index (Phi) is 10.6. The van der Waals surface area contributed by atoms with Crippen LogP contribution in [0.5, 0.6) is 0 Å². The molecule has 0 saturated heterocycles. The van der Waals surface area contributed by atoms with Gasteiger partial charge < -0.3 is 0 Å². The number of pyridine rings is 1. The third-order valence-electron chi connectivity index (χ3n) is 5.15. The first-order valence-electron chi connectivity index (χ1n) is 10.5. The van der Waals surface area contributed by atoms with Crippen molar-refractivity contribution < 1.29 is 0 Å². The summed E-state index contributed by atoms with van der Waals surface area (Å²) in [6, 6.07) is 4.48. The zero-order valence-electron chi connectivity index (χ0n) is 17.7. The van der Waals surface area contributed by atoms with Crippen molar-refractivity contribution >= 4 is 30.0 Å². The molecule has 0 aliphatic heterocycles. The van der Waals surface area contributed by atoms with Crippen LogP contribution in [0.4, 0.5) is 0 Å². The van der Waals surface area contributed by atoms with E-state index < -0.39 is 26.5 Å². The van der Waals surface area contributed by atoms with Crippen LogP contribution in [0, 0.1) is 0 Å². The molecule has 0 saturated carbocycles. The average Bonchev–Trinajstić information content (AvgIpc) is 2.60. The van der Waals surface area contributed by atoms with Gasteiger partial charge in [0, 0.05) is 0 Å². The van der Waals surface area contributed by atoms with E-state index in [1.165, 1.54) is 57.4 Å². The number of hydrogen-bond acceptors (Lipinski definition) is 1. The molecule has 0 aliphatic carbocycles. The summed E-state index contributed by atoms with van der Waals surface area (Å²) in [5.41, 5.74) is 4.24. The Bertz CT molecular complexity index is 483. The second kappa shape index (κ2) is 11.6. The summed E-state index contributed by atoms with van der Waals surface area (Å²) in [7, 11) is -1.27. The third-order valence-corrected chi connectivity index (χ3v) is 22.8. The normalized spacial score (nSPS) is 13.3. The predicted octanol–water partition coefficient (Wildman–Crippen LogP) is 7.73. The molecule has 0 atom stereocenters. The Balaban J connectivity index is 3.45. The summed E-state index contributed by atoms with van der Waals surface area (Å²) in [4.78, 5) is 4.50. The SMILES string of the molecule is CCC[CH2][Sn]([CH2]CCC)([CH2]CCC)/[C](=C\[Si](C)(C)C)c1cccnc1. The predicted molar refractivity (Wildman–Crippen MR) is 120 cm³/mol. The zero-order valence-corrected chi connectivity index (χ0v) is 21.6. The number of rotatable bonds is 12. The summed E-state index contributed by atoms with van der Waals surface area (Å²) in [6.07, 6.45) is 12.4. The summed E-state index contributed by atoms with van der Waals surface area (Å²) >= 11 is -2.42. The minimum absolute atomic E-state index is 1.27. The summed E-state index contributed by atoms with van der Waals surface area (Å²) < 4.78 is 6.44. The molecule has 0 bridgehead atoms. The van der Waals surface area contributed by atoms with E-state index in [2.05, 4.69) is 69.4 Å². The fraction of sp³-hybridized carbons (Fsp3) is 0.682. The molecule has 0 unspecified atom stereocenters. The van der Waals surface area contributed by atoms with Gasteiger partial charge in [0.25, 0.3) is 0 Å². The van der Waals surface area contributed by atoms with Gasteiger partial charge in [0.1, 0.15) is 0 Å². The molecule has 3 heteroatoms. The molecule has 25 heavy (non-hydrogen) atoms. The molecule has 1 aromatic rings. The number of unbranched alkanes of at least 4 members (excludes halogenated alkanes) is 3. The van der Waals surface area contributed by atoms with Crippen molar-refractivity contribution in [3.63, 3.8) is 0 Å². The molecule has 142 valence electrons. The number of aromatic nitrogens is 1. The van der Waals surface area contributed by atoms with Gasteiger partial charge in [-0.2, -0.15) is 0 Å². The van der Waals surface area contributed by atoms with E-state index in [0.717, 1.165) is 0 Å². The summed E-state index contributed by atoms with van der Waals surface area (Å²) in [6.45, 7) is 14.6. The van der Waals surface area contributed by atoms with Gasteiger partial charge in [0.15, 0.2) is 0 Å². The van der Waals surface area contributed by atoms with Crippen LogP contribution in [0.1, 0.15) is 64.9 Å². The summed E-state index contributed by atoms with van der Waals surface area (Å²) in [5, 5.41) is 0. The second-order valence-corrected chi connectivity index (χ2v) is 26.9. The molecule has 1 heterocycles. The van der Waals surface area contributed by atoms with Crippen LogP contribution in [0.15, 0.2) is 30.2 Å². The molecule has 0 fully saturated rings. The van der Waals surface area contributed by atoms with Crippen LogP contribution in [0.25, 0.3) is 3.59 Å². The van der Waals surface area contributed by atoms with Crippen molar-refractivity contribution in [2.75, 3.05) is 0 Å². The fourth-order valence-electron chi connectivity index (χ4n) is 3.82. The summed E-state index contributed by atoms with van der Waals surface area (Å²) in [5.74, 6) is 0. The standard InChI is InChI=1S/C10H14NSi.3C4H9.Sn/c1-12(2,3)8-6-10-5-4-7-11-9-10;3*1-3-4-2;/h4-5,7-9H,1-3H3;3*1,3-4H2,2H3;. The third kappa shape index (κ3) is 7.98. The van der Waals surface area contributed by atoms with E-state index in [0.29, 0.717) is 0 Å². The molecule has 0 aromatic carbocycles. The van der Waals surface area contributed by atoms with Gasteiger partial charge in [-0.05, 0) is 0 Å². The Morgan fingerprint density at radius 1 is 0.960 bits per heavy atom. The zero-order chi connectivity index (χ0) is 18.8. The molecule has 1 aromatic heterocycles. The molecule has 0 spiro atoms. The Labute approximate surface area is 162 Å².